The molecule has 0 N–H and O–H groups in total. The maximum absolute atomic E-state index is 12.1. The third kappa shape index (κ3) is 3.26. The molecule has 24 heavy (non-hydrogen) atoms. The second-order valence-corrected chi connectivity index (χ2v) is 6.30. The maximum atomic E-state index is 12.1. The summed E-state index contributed by atoms with van der Waals surface area (Å²) in [7, 11) is 3.29. The molecule has 1 aromatic heterocycles. The Hall–Kier alpha value is -2.80. The highest BCUT2D eigenvalue weighted by molar-refractivity contribution is 6.01. The van der Waals surface area contributed by atoms with E-state index in [1.54, 1.807) is 20.2 Å². The molecule has 2 rings (SSSR count). The van der Waals surface area contributed by atoms with Gasteiger partial charge in [0.25, 0.3) is 5.91 Å². The summed E-state index contributed by atoms with van der Waals surface area (Å²) in [5, 5.41) is 9.29. The van der Waals surface area contributed by atoms with Gasteiger partial charge in [-0.1, -0.05) is 6.07 Å². The average Bonchev–Trinajstić information content (AvgIpc) is 2.81. The lowest BCUT2D eigenvalue weighted by Crippen LogP contribution is -2.22. The van der Waals surface area contributed by atoms with Gasteiger partial charge in [-0.05, 0) is 68.7 Å². The lowest BCUT2D eigenvalue weighted by Gasteiger charge is -2.12. The van der Waals surface area contributed by atoms with Gasteiger partial charge >= 0.3 is 0 Å². The molecular formula is C20H23N3O. The second-order valence-electron chi connectivity index (χ2n) is 6.30. The number of amides is 1. The zero-order valence-corrected chi connectivity index (χ0v) is 15.1. The van der Waals surface area contributed by atoms with Crippen molar-refractivity contribution in [3.05, 3.63) is 57.9 Å². The summed E-state index contributed by atoms with van der Waals surface area (Å²) in [6.07, 6.45) is 1.67. The first-order chi connectivity index (χ1) is 11.3. The smallest absolute Gasteiger partial charge is 0.264 e. The van der Waals surface area contributed by atoms with Crippen molar-refractivity contribution in [3.63, 3.8) is 0 Å². The summed E-state index contributed by atoms with van der Waals surface area (Å²) in [5.74, 6) is -0.284. The number of benzene rings is 1. The molecule has 0 radical (unpaired) electrons. The minimum absolute atomic E-state index is 0.139. The Kier molecular flexibility index (Phi) is 4.94. The molecule has 1 aromatic carbocycles. The van der Waals surface area contributed by atoms with Crippen molar-refractivity contribution < 1.29 is 4.79 Å². The van der Waals surface area contributed by atoms with Crippen molar-refractivity contribution in [1.82, 2.24) is 9.47 Å². The zero-order valence-electron chi connectivity index (χ0n) is 15.1. The van der Waals surface area contributed by atoms with Crippen LogP contribution in [0, 0.1) is 39.0 Å². The van der Waals surface area contributed by atoms with Crippen molar-refractivity contribution >= 4 is 12.0 Å². The Labute approximate surface area is 143 Å². The van der Waals surface area contributed by atoms with E-state index in [4.69, 9.17) is 0 Å². The van der Waals surface area contributed by atoms with Crippen molar-refractivity contribution in [2.45, 2.75) is 27.7 Å². The van der Waals surface area contributed by atoms with Crippen LogP contribution in [0.2, 0.25) is 0 Å². The van der Waals surface area contributed by atoms with E-state index < -0.39 is 0 Å². The topological polar surface area (TPSA) is 49.0 Å². The van der Waals surface area contributed by atoms with Crippen LogP contribution in [-0.4, -0.2) is 29.5 Å². The predicted molar refractivity (Wildman–Crippen MR) is 97.0 cm³/mol. The van der Waals surface area contributed by atoms with E-state index in [0.717, 1.165) is 22.6 Å². The third-order valence-electron chi connectivity index (χ3n) is 4.28. The number of likely N-dealkylation sites (N-methyl/N-ethyl adjacent to an activating group) is 1. The zero-order chi connectivity index (χ0) is 18.0. The van der Waals surface area contributed by atoms with Crippen molar-refractivity contribution in [1.29, 1.82) is 5.26 Å². The van der Waals surface area contributed by atoms with Crippen LogP contribution in [0.15, 0.2) is 29.8 Å². The molecule has 0 aliphatic rings. The summed E-state index contributed by atoms with van der Waals surface area (Å²) < 4.78 is 2.15. The van der Waals surface area contributed by atoms with Crippen LogP contribution in [0.3, 0.4) is 0 Å². The molecule has 0 saturated heterocycles. The molecule has 4 nitrogen and oxygen atoms in total. The van der Waals surface area contributed by atoms with Crippen molar-refractivity contribution in [3.8, 4) is 11.8 Å². The van der Waals surface area contributed by atoms with Gasteiger partial charge in [-0.25, -0.2) is 0 Å². The molecule has 1 amide bonds. The van der Waals surface area contributed by atoms with E-state index in [2.05, 4.69) is 36.6 Å². The first-order valence-electron chi connectivity index (χ1n) is 7.86. The molecule has 0 aliphatic heterocycles. The number of nitrogens with zero attached hydrogens (tertiary/aromatic N) is 3. The van der Waals surface area contributed by atoms with Crippen LogP contribution in [0.25, 0.3) is 11.8 Å². The van der Waals surface area contributed by atoms with Gasteiger partial charge in [0.15, 0.2) is 0 Å². The largest absolute Gasteiger partial charge is 0.344 e. The van der Waals surface area contributed by atoms with Crippen molar-refractivity contribution in [2.75, 3.05) is 14.1 Å². The van der Waals surface area contributed by atoms with Crippen LogP contribution in [0.4, 0.5) is 0 Å². The number of nitriles is 1. The van der Waals surface area contributed by atoms with Crippen molar-refractivity contribution in [2.24, 2.45) is 0 Å². The summed E-state index contributed by atoms with van der Waals surface area (Å²) in [4.78, 5) is 13.5. The van der Waals surface area contributed by atoms with Gasteiger partial charge in [0.2, 0.25) is 0 Å². The minimum atomic E-state index is -0.284. The number of carbonyl (C=O) groups excluding carboxylic acids is 1. The standard InChI is InChI=1S/C20H23N3O/c1-13-7-8-19(9-14(13)2)23-15(3)10-17(16(23)4)11-18(12-21)20(24)22(5)6/h7-11H,1-6H3/b18-11+. The van der Waals surface area contributed by atoms with E-state index >= 15 is 0 Å². The first kappa shape index (κ1) is 17.6. The summed E-state index contributed by atoms with van der Waals surface area (Å²) in [6, 6.07) is 10.4. The molecule has 0 bridgehead atoms. The number of hydrogen-bond donors (Lipinski definition) is 0. The molecule has 0 atom stereocenters. The number of aryl methyl sites for hydroxylation is 3. The Morgan fingerprint density at radius 3 is 2.33 bits per heavy atom. The number of aromatic nitrogens is 1. The van der Waals surface area contributed by atoms with E-state index in [1.165, 1.54) is 16.0 Å². The fraction of sp³-hybridized carbons (Fsp3) is 0.300. The summed E-state index contributed by atoms with van der Waals surface area (Å²) >= 11 is 0. The Bertz CT molecular complexity index is 864. The van der Waals surface area contributed by atoms with E-state index in [9.17, 15) is 10.1 Å². The van der Waals surface area contributed by atoms with Gasteiger partial charge in [0.1, 0.15) is 11.6 Å². The normalized spacial score (nSPS) is 11.3. The molecule has 1 heterocycles. The second kappa shape index (κ2) is 6.76. The molecule has 0 saturated carbocycles. The Morgan fingerprint density at radius 1 is 1.12 bits per heavy atom. The van der Waals surface area contributed by atoms with Crippen LogP contribution in [-0.2, 0) is 4.79 Å². The molecule has 2 aromatic rings. The van der Waals surface area contributed by atoms with Crippen LogP contribution in [0.1, 0.15) is 28.1 Å². The van der Waals surface area contributed by atoms with Crippen LogP contribution >= 0.6 is 0 Å². The van der Waals surface area contributed by atoms with E-state index in [-0.39, 0.29) is 11.5 Å². The maximum Gasteiger partial charge on any atom is 0.264 e. The number of rotatable bonds is 3. The minimum Gasteiger partial charge on any atom is -0.344 e. The van der Waals surface area contributed by atoms with Gasteiger partial charge < -0.3 is 9.47 Å². The third-order valence-corrected chi connectivity index (χ3v) is 4.28. The SMILES string of the molecule is Cc1ccc(-n2c(C)cc(/C=C(\C#N)C(=O)N(C)C)c2C)cc1C. The fourth-order valence-corrected chi connectivity index (χ4v) is 2.73. The van der Waals surface area contributed by atoms with Crippen LogP contribution < -0.4 is 0 Å². The lowest BCUT2D eigenvalue weighted by molar-refractivity contribution is -0.124. The van der Waals surface area contributed by atoms with Gasteiger partial charge in [-0.2, -0.15) is 5.26 Å². The molecule has 4 heteroatoms. The van der Waals surface area contributed by atoms with Gasteiger partial charge in [0, 0.05) is 31.2 Å². The molecule has 0 aliphatic carbocycles. The Balaban J connectivity index is 2.55. The average molecular weight is 321 g/mol. The number of carbonyl (C=O) groups is 1. The predicted octanol–water partition coefficient (Wildman–Crippen LogP) is 3.71. The lowest BCUT2D eigenvalue weighted by atomic mass is 10.1. The highest BCUT2D eigenvalue weighted by Crippen LogP contribution is 2.24. The van der Waals surface area contributed by atoms with Gasteiger partial charge in [-0.15, -0.1) is 0 Å². The molecular weight excluding hydrogens is 298 g/mol. The van der Waals surface area contributed by atoms with E-state index in [1.807, 2.05) is 26.0 Å². The monoisotopic (exact) mass is 321 g/mol. The molecule has 0 spiro atoms. The summed E-state index contributed by atoms with van der Waals surface area (Å²) in [6.45, 7) is 8.22. The first-order valence-corrected chi connectivity index (χ1v) is 7.86. The molecule has 124 valence electrons. The van der Waals surface area contributed by atoms with E-state index in [0.29, 0.717) is 0 Å². The highest BCUT2D eigenvalue weighted by atomic mass is 16.2. The molecule has 0 unspecified atom stereocenters. The van der Waals surface area contributed by atoms with Gasteiger partial charge in [-0.3, -0.25) is 4.79 Å². The summed E-state index contributed by atoms with van der Waals surface area (Å²) in [5.41, 5.74) is 6.68. The Morgan fingerprint density at radius 2 is 1.79 bits per heavy atom. The van der Waals surface area contributed by atoms with Crippen LogP contribution in [0.5, 0.6) is 0 Å². The number of hydrogen-bond acceptors (Lipinski definition) is 2. The quantitative estimate of drug-likeness (QED) is 0.639. The molecule has 0 fully saturated rings. The highest BCUT2D eigenvalue weighted by Gasteiger charge is 2.15. The fourth-order valence-electron chi connectivity index (χ4n) is 2.73. The van der Waals surface area contributed by atoms with Gasteiger partial charge in [0.05, 0.1) is 0 Å².